The molecule has 0 saturated carbocycles. The van der Waals surface area contributed by atoms with Crippen molar-refractivity contribution in [3.8, 4) is 5.69 Å². The number of hydrogen-bond acceptors (Lipinski definition) is 3. The summed E-state index contributed by atoms with van der Waals surface area (Å²) in [5, 5.41) is 22.5. The molecule has 0 aliphatic rings. The smallest absolute Gasteiger partial charge is 0.422 e. The largest absolute Gasteiger partial charge is 0.508 e. The van der Waals surface area contributed by atoms with Gasteiger partial charge in [-0.1, -0.05) is 25.1 Å². The van der Waals surface area contributed by atoms with Crippen molar-refractivity contribution in [1.29, 1.82) is 0 Å². The van der Waals surface area contributed by atoms with E-state index in [0.29, 0.717) is 5.59 Å². The lowest BCUT2D eigenvalue weighted by Crippen LogP contribution is -2.36. The predicted octanol–water partition coefficient (Wildman–Crippen LogP) is 0.114. The van der Waals surface area contributed by atoms with Crippen LogP contribution in [0.4, 0.5) is 0 Å². The van der Waals surface area contributed by atoms with Crippen LogP contribution in [0, 0.1) is 0 Å². The molecule has 0 aliphatic carbocycles. The zero-order valence-electron chi connectivity index (χ0n) is 9.04. The molecule has 0 radical (unpaired) electrons. The molecule has 1 aromatic carbocycles. The Labute approximate surface area is 94.3 Å². The van der Waals surface area contributed by atoms with E-state index in [1.807, 2.05) is 24.3 Å². The van der Waals surface area contributed by atoms with Gasteiger partial charge >= 0.3 is 7.12 Å². The topological polar surface area (TPSA) is 58.3 Å². The Morgan fingerprint density at radius 1 is 1.25 bits per heavy atom. The molecule has 1 aromatic heterocycles. The maximum absolute atomic E-state index is 9.21. The Morgan fingerprint density at radius 3 is 2.69 bits per heavy atom. The molecule has 0 unspecified atom stereocenters. The third-order valence-corrected chi connectivity index (χ3v) is 2.54. The zero-order chi connectivity index (χ0) is 11.5. The molecular formula is C11H13BN2O2. The third kappa shape index (κ3) is 1.87. The van der Waals surface area contributed by atoms with Crippen LogP contribution in [0.25, 0.3) is 5.69 Å². The summed E-state index contributed by atoms with van der Waals surface area (Å²) in [6.45, 7) is 2.05. The molecule has 4 nitrogen and oxygen atoms in total. The van der Waals surface area contributed by atoms with Gasteiger partial charge in [-0.2, -0.15) is 5.10 Å². The Hall–Kier alpha value is -1.59. The maximum Gasteiger partial charge on any atom is 0.508 e. The number of para-hydroxylation sites is 1. The molecule has 1 heterocycles. The maximum atomic E-state index is 9.21. The average Bonchev–Trinajstić information content (AvgIpc) is 2.77. The highest BCUT2D eigenvalue weighted by molar-refractivity contribution is 6.57. The first-order valence-electron chi connectivity index (χ1n) is 5.22. The van der Waals surface area contributed by atoms with Gasteiger partial charge in [-0.3, -0.25) is 0 Å². The fourth-order valence-corrected chi connectivity index (χ4v) is 1.73. The van der Waals surface area contributed by atoms with E-state index >= 15 is 0 Å². The van der Waals surface area contributed by atoms with E-state index in [1.54, 1.807) is 16.9 Å². The van der Waals surface area contributed by atoms with Crippen molar-refractivity contribution in [1.82, 2.24) is 9.78 Å². The zero-order valence-corrected chi connectivity index (χ0v) is 9.04. The van der Waals surface area contributed by atoms with E-state index in [9.17, 15) is 10.0 Å². The van der Waals surface area contributed by atoms with Crippen LogP contribution in [-0.2, 0) is 6.42 Å². The van der Waals surface area contributed by atoms with Gasteiger partial charge in [-0.15, -0.1) is 0 Å². The minimum Gasteiger partial charge on any atom is -0.422 e. The van der Waals surface area contributed by atoms with E-state index < -0.39 is 7.12 Å². The van der Waals surface area contributed by atoms with Crippen molar-refractivity contribution < 1.29 is 10.0 Å². The van der Waals surface area contributed by atoms with Gasteiger partial charge in [0.25, 0.3) is 0 Å². The first-order chi connectivity index (χ1) is 7.74. The molecule has 0 fully saturated rings. The monoisotopic (exact) mass is 216 g/mol. The Bertz CT molecular complexity index is 482. The summed E-state index contributed by atoms with van der Waals surface area (Å²) in [4.78, 5) is 0. The normalized spacial score (nSPS) is 10.4. The second kappa shape index (κ2) is 4.51. The van der Waals surface area contributed by atoms with E-state index in [0.717, 1.165) is 17.7 Å². The minimum absolute atomic E-state index is 0.376. The highest BCUT2D eigenvalue weighted by atomic mass is 16.4. The molecule has 0 saturated heterocycles. The van der Waals surface area contributed by atoms with Gasteiger partial charge in [-0.05, 0) is 24.1 Å². The first-order valence-corrected chi connectivity index (χ1v) is 5.22. The summed E-state index contributed by atoms with van der Waals surface area (Å²) in [5.74, 6) is 0. The number of hydrogen-bond donors (Lipinski definition) is 2. The van der Waals surface area contributed by atoms with Gasteiger partial charge in [-0.25, -0.2) is 4.68 Å². The van der Waals surface area contributed by atoms with Crippen LogP contribution < -0.4 is 5.59 Å². The molecule has 2 aromatic rings. The van der Waals surface area contributed by atoms with Crippen LogP contribution in [0.5, 0.6) is 0 Å². The molecule has 16 heavy (non-hydrogen) atoms. The second-order valence-corrected chi connectivity index (χ2v) is 3.52. The van der Waals surface area contributed by atoms with Crippen molar-refractivity contribution in [3.63, 3.8) is 0 Å². The van der Waals surface area contributed by atoms with E-state index in [1.165, 1.54) is 0 Å². The van der Waals surface area contributed by atoms with Crippen LogP contribution in [-0.4, -0.2) is 26.9 Å². The number of nitrogens with zero attached hydrogens (tertiary/aromatic N) is 2. The fourth-order valence-electron chi connectivity index (χ4n) is 1.73. The Kier molecular flexibility index (Phi) is 3.08. The van der Waals surface area contributed by atoms with Crippen molar-refractivity contribution >= 4 is 12.7 Å². The molecule has 2 N–H and O–H groups in total. The van der Waals surface area contributed by atoms with Crippen molar-refractivity contribution in [2.75, 3.05) is 0 Å². The van der Waals surface area contributed by atoms with Crippen LogP contribution in [0.3, 0.4) is 0 Å². The van der Waals surface area contributed by atoms with Crippen molar-refractivity contribution in [3.05, 3.63) is 42.1 Å². The average molecular weight is 216 g/mol. The highest BCUT2D eigenvalue weighted by Crippen LogP contribution is 2.12. The summed E-state index contributed by atoms with van der Waals surface area (Å²) in [5.41, 5.74) is 2.38. The van der Waals surface area contributed by atoms with E-state index in [-0.39, 0.29) is 0 Å². The quantitative estimate of drug-likeness (QED) is 0.716. The first kappa shape index (κ1) is 10.9. The second-order valence-electron chi connectivity index (χ2n) is 3.52. The lowest BCUT2D eigenvalue weighted by atomic mass is 9.86. The molecule has 0 bridgehead atoms. The van der Waals surface area contributed by atoms with Gasteiger partial charge in [0.2, 0.25) is 0 Å². The SMILES string of the molecule is CCc1ccccc1-n1nccc1B(O)O. The van der Waals surface area contributed by atoms with E-state index in [4.69, 9.17) is 0 Å². The highest BCUT2D eigenvalue weighted by Gasteiger charge is 2.18. The van der Waals surface area contributed by atoms with Gasteiger partial charge in [0.1, 0.15) is 0 Å². The third-order valence-electron chi connectivity index (χ3n) is 2.54. The van der Waals surface area contributed by atoms with Gasteiger partial charge in [0.15, 0.2) is 0 Å². The Balaban J connectivity index is 2.54. The predicted molar refractivity (Wildman–Crippen MR) is 62.8 cm³/mol. The summed E-state index contributed by atoms with van der Waals surface area (Å²) in [6.07, 6.45) is 2.43. The molecule has 2 rings (SSSR count). The minimum atomic E-state index is -1.51. The Morgan fingerprint density at radius 2 is 2.00 bits per heavy atom. The number of aromatic nitrogens is 2. The van der Waals surface area contributed by atoms with Gasteiger partial charge in [0, 0.05) is 6.20 Å². The lowest BCUT2D eigenvalue weighted by Gasteiger charge is -2.10. The molecule has 0 atom stereocenters. The van der Waals surface area contributed by atoms with Crippen molar-refractivity contribution in [2.45, 2.75) is 13.3 Å². The molecule has 0 aliphatic heterocycles. The molecule has 0 spiro atoms. The van der Waals surface area contributed by atoms with Crippen molar-refractivity contribution in [2.24, 2.45) is 0 Å². The number of benzene rings is 1. The van der Waals surface area contributed by atoms with Crippen LogP contribution in [0.1, 0.15) is 12.5 Å². The molecular weight excluding hydrogens is 203 g/mol. The van der Waals surface area contributed by atoms with Crippen LogP contribution >= 0.6 is 0 Å². The van der Waals surface area contributed by atoms with Gasteiger partial charge < -0.3 is 10.0 Å². The summed E-state index contributed by atoms with van der Waals surface area (Å²) >= 11 is 0. The summed E-state index contributed by atoms with van der Waals surface area (Å²) in [7, 11) is -1.51. The van der Waals surface area contributed by atoms with Crippen LogP contribution in [0.2, 0.25) is 0 Å². The standard InChI is InChI=1S/C11H13BN2O2/c1-2-9-5-3-4-6-10(9)14-11(12(15)16)7-8-13-14/h3-8,15-16H,2H2,1H3. The summed E-state index contributed by atoms with van der Waals surface area (Å²) in [6, 6.07) is 9.38. The molecule has 82 valence electrons. The number of aryl methyl sites for hydroxylation is 1. The molecule has 5 heteroatoms. The fraction of sp³-hybridized carbons (Fsp3) is 0.182. The van der Waals surface area contributed by atoms with Gasteiger partial charge in [0.05, 0.1) is 11.3 Å². The van der Waals surface area contributed by atoms with E-state index in [2.05, 4.69) is 12.0 Å². The summed E-state index contributed by atoms with van der Waals surface area (Å²) < 4.78 is 1.56. The lowest BCUT2D eigenvalue weighted by molar-refractivity contribution is 0.423. The molecule has 0 amide bonds. The number of rotatable bonds is 3. The van der Waals surface area contributed by atoms with Crippen LogP contribution in [0.15, 0.2) is 36.5 Å².